The lowest BCUT2D eigenvalue weighted by atomic mass is 10.0. The molecule has 0 saturated carbocycles. The van der Waals surface area contributed by atoms with E-state index in [1.165, 1.54) is 0 Å². The van der Waals surface area contributed by atoms with Crippen molar-refractivity contribution in [2.24, 2.45) is 0 Å². The summed E-state index contributed by atoms with van der Waals surface area (Å²) in [5.74, 6) is -0.226. The lowest BCUT2D eigenvalue weighted by Crippen LogP contribution is -2.54. The van der Waals surface area contributed by atoms with Crippen molar-refractivity contribution in [1.29, 1.82) is 0 Å². The molecular formula is C13H20N4O3S. The van der Waals surface area contributed by atoms with Gasteiger partial charge in [0.1, 0.15) is 0 Å². The SMILES string of the molecule is CC(NS(C)(=O)=O)C(=O)N1CCNCC1c1cccnc1. The Kier molecular flexibility index (Phi) is 4.92. The van der Waals surface area contributed by atoms with Gasteiger partial charge in [0.05, 0.1) is 18.3 Å². The first-order valence-corrected chi connectivity index (χ1v) is 8.66. The van der Waals surface area contributed by atoms with Crippen LogP contribution in [0.5, 0.6) is 0 Å². The summed E-state index contributed by atoms with van der Waals surface area (Å²) >= 11 is 0. The van der Waals surface area contributed by atoms with Gasteiger partial charge in [0.15, 0.2) is 0 Å². The minimum atomic E-state index is -3.41. The number of sulfonamides is 1. The molecule has 7 nitrogen and oxygen atoms in total. The molecule has 1 aromatic heterocycles. The fourth-order valence-corrected chi connectivity index (χ4v) is 3.20. The predicted octanol–water partition coefficient (Wildman–Crippen LogP) is -0.508. The van der Waals surface area contributed by atoms with E-state index in [9.17, 15) is 13.2 Å². The van der Waals surface area contributed by atoms with Crippen molar-refractivity contribution in [3.05, 3.63) is 30.1 Å². The van der Waals surface area contributed by atoms with E-state index in [4.69, 9.17) is 0 Å². The highest BCUT2D eigenvalue weighted by Crippen LogP contribution is 2.22. The van der Waals surface area contributed by atoms with Crippen LogP contribution in [0.1, 0.15) is 18.5 Å². The Morgan fingerprint density at radius 2 is 2.33 bits per heavy atom. The number of pyridine rings is 1. The van der Waals surface area contributed by atoms with Crippen LogP contribution >= 0.6 is 0 Å². The zero-order valence-electron chi connectivity index (χ0n) is 12.1. The molecule has 1 aromatic rings. The fraction of sp³-hybridized carbons (Fsp3) is 0.538. The van der Waals surface area contributed by atoms with Gasteiger partial charge in [0.25, 0.3) is 0 Å². The third-order valence-electron chi connectivity index (χ3n) is 3.36. The van der Waals surface area contributed by atoms with E-state index >= 15 is 0 Å². The van der Waals surface area contributed by atoms with Crippen LogP contribution in [0, 0.1) is 0 Å². The van der Waals surface area contributed by atoms with Crippen LogP contribution in [0.25, 0.3) is 0 Å². The number of carbonyl (C=O) groups is 1. The first-order valence-electron chi connectivity index (χ1n) is 6.77. The number of nitrogens with one attached hydrogen (secondary N) is 2. The summed E-state index contributed by atoms with van der Waals surface area (Å²) in [6.45, 7) is 3.41. The first-order chi connectivity index (χ1) is 9.88. The lowest BCUT2D eigenvalue weighted by molar-refractivity contribution is -0.136. The van der Waals surface area contributed by atoms with Gasteiger partial charge in [-0.25, -0.2) is 13.1 Å². The summed E-state index contributed by atoms with van der Waals surface area (Å²) in [6, 6.07) is 2.82. The van der Waals surface area contributed by atoms with Crippen molar-refractivity contribution in [2.45, 2.75) is 19.0 Å². The standard InChI is InChI=1S/C13H20N4O3S/c1-10(16-21(2,19)20)13(18)17-7-6-15-9-12(17)11-4-3-5-14-8-11/h3-5,8,10,12,15-16H,6-7,9H2,1-2H3. The number of amides is 1. The minimum absolute atomic E-state index is 0.135. The molecule has 0 spiro atoms. The van der Waals surface area contributed by atoms with E-state index < -0.39 is 16.1 Å². The molecule has 2 unspecified atom stereocenters. The first kappa shape index (κ1) is 15.9. The Morgan fingerprint density at radius 1 is 1.57 bits per heavy atom. The van der Waals surface area contributed by atoms with Crippen LogP contribution in [0.15, 0.2) is 24.5 Å². The van der Waals surface area contributed by atoms with Crippen LogP contribution in [-0.4, -0.2) is 56.1 Å². The summed E-state index contributed by atoms with van der Waals surface area (Å²) in [4.78, 5) is 18.3. The van der Waals surface area contributed by atoms with Gasteiger partial charge in [0, 0.05) is 32.0 Å². The van der Waals surface area contributed by atoms with E-state index in [1.807, 2.05) is 12.1 Å². The second-order valence-corrected chi connectivity index (χ2v) is 6.93. The van der Waals surface area contributed by atoms with Gasteiger partial charge in [0.2, 0.25) is 15.9 Å². The van der Waals surface area contributed by atoms with Crippen molar-refractivity contribution in [2.75, 3.05) is 25.9 Å². The Balaban J connectivity index is 2.17. The Morgan fingerprint density at radius 3 is 2.95 bits per heavy atom. The normalized spacial score (nSPS) is 21.0. The molecule has 1 amide bonds. The molecule has 116 valence electrons. The number of rotatable bonds is 4. The number of nitrogens with zero attached hydrogens (tertiary/aromatic N) is 2. The highest BCUT2D eigenvalue weighted by atomic mass is 32.2. The van der Waals surface area contributed by atoms with Crippen molar-refractivity contribution >= 4 is 15.9 Å². The molecule has 1 aliphatic heterocycles. The second kappa shape index (κ2) is 6.50. The molecule has 1 aliphatic rings. The zero-order valence-corrected chi connectivity index (χ0v) is 12.9. The van der Waals surface area contributed by atoms with Crippen molar-refractivity contribution in [1.82, 2.24) is 19.9 Å². The molecule has 8 heteroatoms. The van der Waals surface area contributed by atoms with E-state index in [0.717, 1.165) is 11.8 Å². The number of carbonyl (C=O) groups excluding carboxylic acids is 1. The lowest BCUT2D eigenvalue weighted by Gasteiger charge is -2.37. The molecule has 0 bridgehead atoms. The van der Waals surface area contributed by atoms with Crippen molar-refractivity contribution in [3.8, 4) is 0 Å². The molecule has 1 fully saturated rings. The maximum absolute atomic E-state index is 12.5. The molecule has 0 radical (unpaired) electrons. The topological polar surface area (TPSA) is 91.4 Å². The summed E-state index contributed by atoms with van der Waals surface area (Å²) < 4.78 is 24.9. The van der Waals surface area contributed by atoms with E-state index in [-0.39, 0.29) is 11.9 Å². The van der Waals surface area contributed by atoms with Gasteiger partial charge < -0.3 is 10.2 Å². The quantitative estimate of drug-likeness (QED) is 0.781. The smallest absolute Gasteiger partial charge is 0.241 e. The third kappa shape index (κ3) is 4.23. The molecule has 1 saturated heterocycles. The van der Waals surface area contributed by atoms with E-state index in [2.05, 4.69) is 15.0 Å². The van der Waals surface area contributed by atoms with E-state index in [1.54, 1.807) is 24.2 Å². The molecule has 21 heavy (non-hydrogen) atoms. The molecular weight excluding hydrogens is 292 g/mol. The number of hydrogen-bond donors (Lipinski definition) is 2. The number of aromatic nitrogens is 1. The van der Waals surface area contributed by atoms with Crippen LogP contribution in [-0.2, 0) is 14.8 Å². The Bertz CT molecular complexity index is 591. The number of hydrogen-bond acceptors (Lipinski definition) is 5. The summed E-state index contributed by atoms with van der Waals surface area (Å²) in [5.41, 5.74) is 0.935. The van der Waals surface area contributed by atoms with Gasteiger partial charge in [-0.3, -0.25) is 9.78 Å². The maximum Gasteiger partial charge on any atom is 0.241 e. The van der Waals surface area contributed by atoms with Gasteiger partial charge in [-0.05, 0) is 18.6 Å². The molecule has 0 aromatic carbocycles. The van der Waals surface area contributed by atoms with Gasteiger partial charge in [-0.2, -0.15) is 0 Å². The zero-order chi connectivity index (χ0) is 15.5. The number of piperazine rings is 1. The Hall–Kier alpha value is -1.51. The summed E-state index contributed by atoms with van der Waals surface area (Å²) in [7, 11) is -3.41. The molecule has 2 heterocycles. The van der Waals surface area contributed by atoms with Crippen molar-refractivity contribution in [3.63, 3.8) is 0 Å². The highest BCUT2D eigenvalue weighted by Gasteiger charge is 2.31. The summed E-state index contributed by atoms with van der Waals surface area (Å²) in [6.07, 6.45) is 4.46. The van der Waals surface area contributed by atoms with Crippen LogP contribution < -0.4 is 10.0 Å². The van der Waals surface area contributed by atoms with Crippen molar-refractivity contribution < 1.29 is 13.2 Å². The fourth-order valence-electron chi connectivity index (χ4n) is 2.46. The molecule has 2 atom stereocenters. The molecule has 2 rings (SSSR count). The molecule has 2 N–H and O–H groups in total. The van der Waals surface area contributed by atoms with Gasteiger partial charge >= 0.3 is 0 Å². The van der Waals surface area contributed by atoms with Crippen LogP contribution in [0.2, 0.25) is 0 Å². The van der Waals surface area contributed by atoms with Gasteiger partial charge in [-0.1, -0.05) is 6.07 Å². The highest BCUT2D eigenvalue weighted by molar-refractivity contribution is 7.88. The predicted molar refractivity (Wildman–Crippen MR) is 79.0 cm³/mol. The average molecular weight is 312 g/mol. The second-order valence-electron chi connectivity index (χ2n) is 5.15. The van der Waals surface area contributed by atoms with Gasteiger partial charge in [-0.15, -0.1) is 0 Å². The maximum atomic E-state index is 12.5. The largest absolute Gasteiger partial charge is 0.332 e. The average Bonchev–Trinajstić information content (AvgIpc) is 2.45. The van der Waals surface area contributed by atoms with Crippen LogP contribution in [0.3, 0.4) is 0 Å². The minimum Gasteiger partial charge on any atom is -0.332 e. The van der Waals surface area contributed by atoms with Crippen LogP contribution in [0.4, 0.5) is 0 Å². The molecule has 0 aliphatic carbocycles. The Labute approximate surface area is 124 Å². The van der Waals surface area contributed by atoms with E-state index in [0.29, 0.717) is 19.6 Å². The summed E-state index contributed by atoms with van der Waals surface area (Å²) in [5, 5.41) is 3.25. The third-order valence-corrected chi connectivity index (χ3v) is 4.14. The monoisotopic (exact) mass is 312 g/mol.